The number of aliphatic hydroxyl groups is 3. The Labute approximate surface area is 165 Å². The molecule has 0 radical (unpaired) electrons. The third-order valence-corrected chi connectivity index (χ3v) is 4.97. The summed E-state index contributed by atoms with van der Waals surface area (Å²) >= 11 is 0. The van der Waals surface area contributed by atoms with Crippen LogP contribution in [0.3, 0.4) is 0 Å². The molecule has 10 nitrogen and oxygen atoms in total. The molecule has 10 heteroatoms. The number of nitrogens with zero attached hydrogens (tertiary/aromatic N) is 3. The highest BCUT2D eigenvalue weighted by Gasteiger charge is 2.57. The summed E-state index contributed by atoms with van der Waals surface area (Å²) in [4.78, 5) is 20.8. The Balaban J connectivity index is 1.70. The van der Waals surface area contributed by atoms with Crippen LogP contribution in [0, 0.1) is 0 Å². The molecule has 4 rings (SSSR count). The number of carbonyl (C=O) groups excluding carboxylic acids is 1. The van der Waals surface area contributed by atoms with Gasteiger partial charge in [0.1, 0.15) is 30.0 Å². The minimum atomic E-state index is -2.10. The third-order valence-electron chi connectivity index (χ3n) is 4.97. The zero-order chi connectivity index (χ0) is 20.6. The molecule has 1 aliphatic heterocycles. The number of amides is 1. The Morgan fingerprint density at radius 1 is 1.31 bits per heavy atom. The molecule has 29 heavy (non-hydrogen) atoms. The van der Waals surface area contributed by atoms with Gasteiger partial charge in [-0.05, 0) is 18.2 Å². The standard InChI is InChI=1S/C19H20N4O6/c1-28-19(27)14(25)13(9-24)29-18(19)23-8-7-12-15(20-10-21-16(12)23)22-17(26)11-5-3-2-4-6-11/h2-8,10,13-14,18,24-25,27H,9H2,1H3,(H,20,21,22,26)/t13-,14-,18-,19+/m1/s1. The Morgan fingerprint density at radius 2 is 2.07 bits per heavy atom. The fourth-order valence-corrected chi connectivity index (χ4v) is 3.41. The van der Waals surface area contributed by atoms with Crippen LogP contribution in [0.5, 0.6) is 0 Å². The monoisotopic (exact) mass is 400 g/mol. The van der Waals surface area contributed by atoms with Crippen molar-refractivity contribution in [3.63, 3.8) is 0 Å². The molecule has 3 aromatic rings. The number of aliphatic hydroxyl groups excluding tert-OH is 2. The molecule has 152 valence electrons. The lowest BCUT2D eigenvalue weighted by Gasteiger charge is -2.30. The second kappa shape index (κ2) is 7.50. The van der Waals surface area contributed by atoms with Crippen molar-refractivity contribution in [3.8, 4) is 0 Å². The number of carbonyl (C=O) groups is 1. The first-order chi connectivity index (χ1) is 14.0. The predicted molar refractivity (Wildman–Crippen MR) is 101 cm³/mol. The highest BCUT2D eigenvalue weighted by Crippen LogP contribution is 2.40. The largest absolute Gasteiger partial charge is 0.394 e. The van der Waals surface area contributed by atoms with Gasteiger partial charge in [0.2, 0.25) is 5.79 Å². The van der Waals surface area contributed by atoms with Crippen molar-refractivity contribution in [2.24, 2.45) is 0 Å². The van der Waals surface area contributed by atoms with Crippen LogP contribution in [0.25, 0.3) is 11.0 Å². The summed E-state index contributed by atoms with van der Waals surface area (Å²) in [5.41, 5.74) is 0.815. The van der Waals surface area contributed by atoms with Gasteiger partial charge < -0.3 is 34.7 Å². The minimum Gasteiger partial charge on any atom is -0.394 e. The predicted octanol–water partition coefficient (Wildman–Crippen LogP) is 0.269. The molecule has 1 fully saturated rings. The summed E-state index contributed by atoms with van der Waals surface area (Å²) in [6.07, 6.45) is -0.857. The maximum Gasteiger partial charge on any atom is 0.256 e. The molecule has 0 bridgehead atoms. The maximum atomic E-state index is 12.5. The molecule has 3 heterocycles. The summed E-state index contributed by atoms with van der Waals surface area (Å²) in [7, 11) is 1.23. The van der Waals surface area contributed by atoms with Gasteiger partial charge in [-0.3, -0.25) is 4.79 Å². The number of benzene rings is 1. The van der Waals surface area contributed by atoms with E-state index in [1.807, 2.05) is 6.07 Å². The van der Waals surface area contributed by atoms with E-state index < -0.39 is 30.8 Å². The zero-order valence-corrected chi connectivity index (χ0v) is 15.5. The van der Waals surface area contributed by atoms with Crippen LogP contribution in [0.4, 0.5) is 5.82 Å². The van der Waals surface area contributed by atoms with Gasteiger partial charge in [0.15, 0.2) is 6.23 Å². The lowest BCUT2D eigenvalue weighted by Crippen LogP contribution is -2.48. The molecule has 0 aliphatic carbocycles. The number of rotatable bonds is 5. The summed E-state index contributed by atoms with van der Waals surface area (Å²) in [6, 6.07) is 10.3. The van der Waals surface area contributed by atoms with E-state index in [0.29, 0.717) is 16.6 Å². The second-order valence-electron chi connectivity index (χ2n) is 6.61. The molecule has 1 aliphatic rings. The first kappa shape index (κ1) is 19.4. The van der Waals surface area contributed by atoms with Crippen LogP contribution in [-0.4, -0.2) is 67.5 Å². The van der Waals surface area contributed by atoms with Gasteiger partial charge in [0.05, 0.1) is 12.0 Å². The molecule has 4 atom stereocenters. The Morgan fingerprint density at radius 3 is 2.76 bits per heavy atom. The number of methoxy groups -OCH3 is 1. The summed E-state index contributed by atoms with van der Waals surface area (Å²) < 4.78 is 12.2. The summed E-state index contributed by atoms with van der Waals surface area (Å²) in [5, 5.41) is 33.7. The normalized spacial score (nSPS) is 26.7. The van der Waals surface area contributed by atoms with Crippen molar-refractivity contribution in [2.75, 3.05) is 19.0 Å². The SMILES string of the molecule is CO[C@@]1(O)[C@H](O)[C@@H](CO)O[C@H]1n1ccc2c(NC(=O)c3ccccc3)ncnc21. The molecular weight excluding hydrogens is 380 g/mol. The average molecular weight is 400 g/mol. The average Bonchev–Trinajstić information content (AvgIpc) is 3.29. The van der Waals surface area contributed by atoms with Crippen LogP contribution in [-0.2, 0) is 9.47 Å². The van der Waals surface area contributed by atoms with E-state index in [1.165, 1.54) is 18.0 Å². The molecular formula is C19H20N4O6. The molecule has 1 amide bonds. The zero-order valence-electron chi connectivity index (χ0n) is 15.5. The van der Waals surface area contributed by atoms with E-state index in [2.05, 4.69) is 15.3 Å². The van der Waals surface area contributed by atoms with E-state index in [1.54, 1.807) is 36.5 Å². The number of hydrogen-bond acceptors (Lipinski definition) is 8. The number of nitrogens with one attached hydrogen (secondary N) is 1. The fraction of sp³-hybridized carbons (Fsp3) is 0.316. The van der Waals surface area contributed by atoms with Crippen LogP contribution >= 0.6 is 0 Å². The van der Waals surface area contributed by atoms with E-state index in [-0.39, 0.29) is 11.7 Å². The lowest BCUT2D eigenvalue weighted by molar-refractivity contribution is -0.264. The van der Waals surface area contributed by atoms with Gasteiger partial charge in [-0.2, -0.15) is 0 Å². The van der Waals surface area contributed by atoms with Crippen molar-refractivity contribution in [2.45, 2.75) is 24.2 Å². The van der Waals surface area contributed by atoms with Crippen molar-refractivity contribution in [1.82, 2.24) is 14.5 Å². The third kappa shape index (κ3) is 3.16. The van der Waals surface area contributed by atoms with Crippen LogP contribution in [0.2, 0.25) is 0 Å². The van der Waals surface area contributed by atoms with Crippen LogP contribution in [0.15, 0.2) is 48.9 Å². The number of anilines is 1. The molecule has 0 spiro atoms. The topological polar surface area (TPSA) is 139 Å². The summed E-state index contributed by atoms with van der Waals surface area (Å²) in [5.74, 6) is -2.15. The highest BCUT2D eigenvalue weighted by atomic mass is 16.7. The van der Waals surface area contributed by atoms with E-state index >= 15 is 0 Å². The maximum absolute atomic E-state index is 12.5. The van der Waals surface area contributed by atoms with Crippen molar-refractivity contribution in [1.29, 1.82) is 0 Å². The first-order valence-corrected chi connectivity index (χ1v) is 8.89. The summed E-state index contributed by atoms with van der Waals surface area (Å²) in [6.45, 7) is -0.504. The van der Waals surface area contributed by atoms with Gasteiger partial charge in [0, 0.05) is 18.9 Å². The minimum absolute atomic E-state index is 0.279. The van der Waals surface area contributed by atoms with E-state index in [9.17, 15) is 20.1 Å². The highest BCUT2D eigenvalue weighted by molar-refractivity contribution is 6.07. The quantitative estimate of drug-likeness (QED) is 0.448. The van der Waals surface area contributed by atoms with Crippen molar-refractivity contribution in [3.05, 3.63) is 54.5 Å². The second-order valence-corrected chi connectivity index (χ2v) is 6.61. The van der Waals surface area contributed by atoms with Gasteiger partial charge in [-0.25, -0.2) is 9.97 Å². The first-order valence-electron chi connectivity index (χ1n) is 8.89. The fourth-order valence-electron chi connectivity index (χ4n) is 3.41. The van der Waals surface area contributed by atoms with E-state index in [4.69, 9.17) is 9.47 Å². The molecule has 0 saturated carbocycles. The van der Waals surface area contributed by atoms with Gasteiger partial charge in [-0.15, -0.1) is 0 Å². The molecule has 0 unspecified atom stereocenters. The van der Waals surface area contributed by atoms with Gasteiger partial charge in [0.25, 0.3) is 5.91 Å². The van der Waals surface area contributed by atoms with Crippen LogP contribution < -0.4 is 5.32 Å². The number of hydrogen-bond donors (Lipinski definition) is 4. The van der Waals surface area contributed by atoms with E-state index in [0.717, 1.165) is 0 Å². The Hall–Kier alpha value is -2.89. The molecule has 1 saturated heterocycles. The van der Waals surface area contributed by atoms with Crippen molar-refractivity contribution >= 4 is 22.8 Å². The number of aromatic nitrogens is 3. The molecule has 2 aromatic heterocycles. The number of fused-ring (bicyclic) bond motifs is 1. The Bertz CT molecular complexity index is 1030. The molecule has 4 N–H and O–H groups in total. The smallest absolute Gasteiger partial charge is 0.256 e. The molecule has 1 aromatic carbocycles. The van der Waals surface area contributed by atoms with Gasteiger partial charge >= 0.3 is 0 Å². The van der Waals surface area contributed by atoms with Crippen LogP contribution in [0.1, 0.15) is 16.6 Å². The number of ether oxygens (including phenoxy) is 2. The Kier molecular flexibility index (Phi) is 5.03. The lowest BCUT2D eigenvalue weighted by atomic mass is 10.1. The van der Waals surface area contributed by atoms with Gasteiger partial charge in [-0.1, -0.05) is 18.2 Å². The van der Waals surface area contributed by atoms with Crippen molar-refractivity contribution < 1.29 is 29.6 Å².